The molecule has 0 atom stereocenters. The molecule has 3 heterocycles. The summed E-state index contributed by atoms with van der Waals surface area (Å²) < 4.78 is 2.00. The van der Waals surface area contributed by atoms with Crippen molar-refractivity contribution in [2.24, 2.45) is 0 Å². The van der Waals surface area contributed by atoms with E-state index in [1.165, 1.54) is 0 Å². The Morgan fingerprint density at radius 1 is 1.00 bits per heavy atom. The number of hydrogen-bond donors (Lipinski definition) is 2. The van der Waals surface area contributed by atoms with E-state index in [0.717, 1.165) is 27.6 Å². The van der Waals surface area contributed by atoms with E-state index in [1.807, 2.05) is 59.3 Å². The van der Waals surface area contributed by atoms with Gasteiger partial charge in [-0.3, -0.25) is 14.6 Å². The van der Waals surface area contributed by atoms with E-state index in [-0.39, 0.29) is 24.8 Å². The minimum atomic E-state index is -0.193. The molecule has 4 rings (SSSR count). The van der Waals surface area contributed by atoms with Crippen LogP contribution in [-0.2, 0) is 17.1 Å². The quantitative estimate of drug-likeness (QED) is 0.385. The highest BCUT2D eigenvalue weighted by Crippen LogP contribution is 2.23. The zero-order valence-electron chi connectivity index (χ0n) is 17.4. The number of benzene rings is 1. The van der Waals surface area contributed by atoms with Crippen LogP contribution in [0.1, 0.15) is 28.0 Å². The Balaban J connectivity index is 1.19. The van der Waals surface area contributed by atoms with Gasteiger partial charge in [-0.05, 0) is 48.0 Å². The van der Waals surface area contributed by atoms with Gasteiger partial charge in [-0.15, -0.1) is 11.8 Å². The standard InChI is InChI=1S/C24H23N5O2S/c30-23(27-15-18-4-3-11-25-14-18)10-12-26-24(31)19-6-8-21(9-7-19)32-17-20-16-29-13-2-1-5-22(29)28-20/h1-9,11,13-14,16H,10,12,15,17H2,(H,26,31)(H,27,30). The van der Waals surface area contributed by atoms with Gasteiger partial charge >= 0.3 is 0 Å². The maximum absolute atomic E-state index is 12.3. The van der Waals surface area contributed by atoms with Crippen LogP contribution < -0.4 is 10.6 Å². The second-order valence-corrected chi connectivity index (χ2v) is 8.20. The number of pyridine rings is 2. The number of imidazole rings is 1. The number of rotatable bonds is 9. The van der Waals surface area contributed by atoms with Gasteiger partial charge in [-0.2, -0.15) is 0 Å². The molecular weight excluding hydrogens is 422 g/mol. The molecule has 0 aliphatic carbocycles. The van der Waals surface area contributed by atoms with Crippen LogP contribution in [-0.4, -0.2) is 32.7 Å². The van der Waals surface area contributed by atoms with Crippen molar-refractivity contribution in [3.8, 4) is 0 Å². The highest BCUT2D eigenvalue weighted by molar-refractivity contribution is 7.98. The van der Waals surface area contributed by atoms with Crippen molar-refractivity contribution in [2.45, 2.75) is 23.6 Å². The molecule has 8 heteroatoms. The Bertz CT molecular complexity index is 1160. The second-order valence-electron chi connectivity index (χ2n) is 7.16. The number of carbonyl (C=O) groups is 2. The molecule has 162 valence electrons. The lowest BCUT2D eigenvalue weighted by atomic mass is 10.2. The van der Waals surface area contributed by atoms with Crippen molar-refractivity contribution in [1.29, 1.82) is 0 Å². The van der Waals surface area contributed by atoms with Crippen molar-refractivity contribution in [3.05, 3.63) is 96.2 Å². The molecule has 0 fully saturated rings. The Labute approximate surface area is 190 Å². The first-order valence-electron chi connectivity index (χ1n) is 10.3. The van der Waals surface area contributed by atoms with Crippen LogP contribution in [0.4, 0.5) is 0 Å². The molecule has 0 saturated heterocycles. The van der Waals surface area contributed by atoms with Crippen molar-refractivity contribution < 1.29 is 9.59 Å². The van der Waals surface area contributed by atoms with Crippen LogP contribution in [0.15, 0.2) is 84.3 Å². The first-order valence-corrected chi connectivity index (χ1v) is 11.3. The van der Waals surface area contributed by atoms with Gasteiger partial charge in [-0.1, -0.05) is 12.1 Å². The third kappa shape index (κ3) is 5.95. The monoisotopic (exact) mass is 445 g/mol. The van der Waals surface area contributed by atoms with Gasteiger partial charge < -0.3 is 15.0 Å². The van der Waals surface area contributed by atoms with E-state index in [0.29, 0.717) is 12.1 Å². The van der Waals surface area contributed by atoms with Crippen LogP contribution in [0.5, 0.6) is 0 Å². The van der Waals surface area contributed by atoms with Crippen molar-refractivity contribution in [1.82, 2.24) is 25.0 Å². The molecule has 0 radical (unpaired) electrons. The third-order valence-electron chi connectivity index (χ3n) is 4.77. The van der Waals surface area contributed by atoms with E-state index in [2.05, 4.69) is 20.6 Å². The van der Waals surface area contributed by atoms with E-state index < -0.39 is 0 Å². The van der Waals surface area contributed by atoms with Gasteiger partial charge in [0.25, 0.3) is 5.91 Å². The van der Waals surface area contributed by atoms with Crippen molar-refractivity contribution in [3.63, 3.8) is 0 Å². The third-order valence-corrected chi connectivity index (χ3v) is 5.81. The molecule has 7 nitrogen and oxygen atoms in total. The van der Waals surface area contributed by atoms with E-state index in [9.17, 15) is 9.59 Å². The van der Waals surface area contributed by atoms with E-state index in [4.69, 9.17) is 0 Å². The molecule has 3 aromatic heterocycles. The number of fused-ring (bicyclic) bond motifs is 1. The summed E-state index contributed by atoms with van der Waals surface area (Å²) in [6.45, 7) is 0.705. The van der Waals surface area contributed by atoms with Gasteiger partial charge in [0, 0.05) is 60.5 Å². The minimum absolute atomic E-state index is 0.118. The summed E-state index contributed by atoms with van der Waals surface area (Å²) in [5.41, 5.74) is 3.44. The molecule has 0 unspecified atom stereocenters. The van der Waals surface area contributed by atoms with Gasteiger partial charge in [0.05, 0.1) is 5.69 Å². The SMILES string of the molecule is O=C(CCNC(=O)c1ccc(SCc2cn3ccccc3n2)cc1)NCc1cccnc1. The topological polar surface area (TPSA) is 88.4 Å². The average Bonchev–Trinajstić information content (AvgIpc) is 3.25. The lowest BCUT2D eigenvalue weighted by Crippen LogP contribution is -2.30. The van der Waals surface area contributed by atoms with Crippen LogP contribution in [0.2, 0.25) is 0 Å². The summed E-state index contributed by atoms with van der Waals surface area (Å²) in [6, 6.07) is 17.1. The molecule has 2 amide bonds. The molecule has 0 aliphatic heterocycles. The van der Waals surface area contributed by atoms with Gasteiger partial charge in [0.2, 0.25) is 5.91 Å². The number of nitrogens with one attached hydrogen (secondary N) is 2. The minimum Gasteiger partial charge on any atom is -0.352 e. The Kier molecular flexibility index (Phi) is 7.14. The number of amides is 2. The first kappa shape index (κ1) is 21.6. The number of carbonyl (C=O) groups excluding carboxylic acids is 2. The summed E-state index contributed by atoms with van der Waals surface area (Å²) in [4.78, 5) is 33.9. The molecule has 0 bridgehead atoms. The zero-order valence-corrected chi connectivity index (χ0v) is 18.2. The fourth-order valence-corrected chi connectivity index (χ4v) is 3.88. The van der Waals surface area contributed by atoms with E-state index >= 15 is 0 Å². The molecule has 2 N–H and O–H groups in total. The van der Waals surface area contributed by atoms with Crippen LogP contribution in [0.25, 0.3) is 5.65 Å². The fourth-order valence-electron chi connectivity index (χ4n) is 3.10. The van der Waals surface area contributed by atoms with Crippen molar-refractivity contribution >= 4 is 29.2 Å². The van der Waals surface area contributed by atoms with Crippen molar-refractivity contribution in [2.75, 3.05) is 6.54 Å². The molecular formula is C24H23N5O2S. The zero-order chi connectivity index (χ0) is 22.2. The van der Waals surface area contributed by atoms with Gasteiger partial charge in [0.1, 0.15) is 5.65 Å². The maximum Gasteiger partial charge on any atom is 0.251 e. The summed E-state index contributed by atoms with van der Waals surface area (Å²) in [7, 11) is 0. The number of thioether (sulfide) groups is 1. The predicted molar refractivity (Wildman–Crippen MR) is 124 cm³/mol. The molecule has 1 aromatic carbocycles. The summed E-state index contributed by atoms with van der Waals surface area (Å²) in [5.74, 6) is 0.441. The maximum atomic E-state index is 12.3. The Hall–Kier alpha value is -3.65. The van der Waals surface area contributed by atoms with Crippen LogP contribution in [0.3, 0.4) is 0 Å². The largest absolute Gasteiger partial charge is 0.352 e. The highest BCUT2D eigenvalue weighted by Gasteiger charge is 2.08. The number of aromatic nitrogens is 3. The first-order chi connectivity index (χ1) is 15.7. The summed E-state index contributed by atoms with van der Waals surface area (Å²) in [6.07, 6.45) is 7.62. The summed E-state index contributed by atoms with van der Waals surface area (Å²) >= 11 is 1.67. The smallest absolute Gasteiger partial charge is 0.251 e. The molecule has 0 aliphatic rings. The van der Waals surface area contributed by atoms with Gasteiger partial charge in [0.15, 0.2) is 0 Å². The highest BCUT2D eigenvalue weighted by atomic mass is 32.2. The predicted octanol–water partition coefficient (Wildman–Crippen LogP) is 3.46. The van der Waals surface area contributed by atoms with E-state index in [1.54, 1.807) is 36.3 Å². The van der Waals surface area contributed by atoms with Gasteiger partial charge in [-0.25, -0.2) is 4.98 Å². The Morgan fingerprint density at radius 3 is 2.66 bits per heavy atom. The second kappa shape index (κ2) is 10.6. The number of nitrogens with zero attached hydrogens (tertiary/aromatic N) is 3. The van der Waals surface area contributed by atoms with Crippen LogP contribution in [0, 0.1) is 0 Å². The molecule has 32 heavy (non-hydrogen) atoms. The lowest BCUT2D eigenvalue weighted by molar-refractivity contribution is -0.121. The lowest BCUT2D eigenvalue weighted by Gasteiger charge is -2.07. The average molecular weight is 446 g/mol. The molecule has 0 spiro atoms. The summed E-state index contributed by atoms with van der Waals surface area (Å²) in [5, 5.41) is 5.60. The Morgan fingerprint density at radius 2 is 1.88 bits per heavy atom. The normalized spacial score (nSPS) is 10.8. The molecule has 0 saturated carbocycles. The molecule has 4 aromatic rings. The fraction of sp³-hybridized carbons (Fsp3) is 0.167. The van der Waals surface area contributed by atoms with Crippen LogP contribution >= 0.6 is 11.8 Å². The number of hydrogen-bond acceptors (Lipinski definition) is 5.